The van der Waals surface area contributed by atoms with E-state index in [0.29, 0.717) is 37.4 Å². The number of halogens is 1. The molecule has 1 fully saturated rings. The fourth-order valence-electron chi connectivity index (χ4n) is 3.06. The predicted molar refractivity (Wildman–Crippen MR) is 100 cm³/mol. The third-order valence-electron chi connectivity index (χ3n) is 4.65. The molecule has 0 radical (unpaired) electrons. The molecule has 0 spiro atoms. The van der Waals surface area contributed by atoms with E-state index in [1.54, 1.807) is 36.3 Å². The summed E-state index contributed by atoms with van der Waals surface area (Å²) in [5.41, 5.74) is 0.641. The molecule has 0 saturated carbocycles. The van der Waals surface area contributed by atoms with Crippen LogP contribution in [0.3, 0.4) is 0 Å². The first-order valence-electron chi connectivity index (χ1n) is 8.59. The Balaban J connectivity index is 1.59. The van der Waals surface area contributed by atoms with Crippen LogP contribution in [0.5, 0.6) is 5.75 Å². The Bertz CT molecular complexity index is 890. The predicted octanol–water partition coefficient (Wildman–Crippen LogP) is 3.30. The van der Waals surface area contributed by atoms with Gasteiger partial charge >= 0.3 is 6.03 Å². The SMILES string of the molecule is COc1ccc(NC(=O)N2CCC(S(=O)(=O)c3ccc(F)cc3)CC2)cc1. The molecular formula is C19H21FN2O4S. The van der Waals surface area contributed by atoms with Crippen molar-refractivity contribution in [3.05, 3.63) is 54.3 Å². The molecule has 1 N–H and O–H groups in total. The molecule has 2 aromatic carbocycles. The fourth-order valence-corrected chi connectivity index (χ4v) is 4.79. The summed E-state index contributed by atoms with van der Waals surface area (Å²) < 4.78 is 43.4. The van der Waals surface area contributed by atoms with E-state index in [2.05, 4.69) is 5.32 Å². The van der Waals surface area contributed by atoms with Gasteiger partial charge in [0.2, 0.25) is 0 Å². The van der Waals surface area contributed by atoms with E-state index >= 15 is 0 Å². The number of likely N-dealkylation sites (tertiary alicyclic amines) is 1. The Hall–Kier alpha value is -2.61. The van der Waals surface area contributed by atoms with Crippen molar-refractivity contribution in [3.63, 3.8) is 0 Å². The number of piperidine rings is 1. The average molecular weight is 392 g/mol. The van der Waals surface area contributed by atoms with Gasteiger partial charge in [0, 0.05) is 18.8 Å². The first-order chi connectivity index (χ1) is 12.9. The minimum atomic E-state index is -3.53. The molecule has 0 bridgehead atoms. The molecule has 0 aliphatic carbocycles. The van der Waals surface area contributed by atoms with Crippen LogP contribution in [-0.2, 0) is 9.84 Å². The monoisotopic (exact) mass is 392 g/mol. The molecule has 1 heterocycles. The van der Waals surface area contributed by atoms with Gasteiger partial charge in [-0.3, -0.25) is 0 Å². The second-order valence-electron chi connectivity index (χ2n) is 6.34. The van der Waals surface area contributed by atoms with Gasteiger partial charge in [-0.1, -0.05) is 0 Å². The van der Waals surface area contributed by atoms with Crippen LogP contribution >= 0.6 is 0 Å². The number of hydrogen-bond acceptors (Lipinski definition) is 4. The second kappa shape index (κ2) is 7.96. The van der Waals surface area contributed by atoms with Gasteiger partial charge in [0.15, 0.2) is 9.84 Å². The summed E-state index contributed by atoms with van der Waals surface area (Å²) in [6, 6.07) is 11.6. The van der Waals surface area contributed by atoms with Gasteiger partial charge in [-0.15, -0.1) is 0 Å². The molecule has 0 unspecified atom stereocenters. The number of hydrogen-bond donors (Lipinski definition) is 1. The lowest BCUT2D eigenvalue weighted by Gasteiger charge is -2.31. The van der Waals surface area contributed by atoms with Crippen molar-refractivity contribution in [2.75, 3.05) is 25.5 Å². The zero-order valence-corrected chi connectivity index (χ0v) is 15.7. The van der Waals surface area contributed by atoms with E-state index in [0.717, 1.165) is 12.1 Å². The van der Waals surface area contributed by atoms with Crippen molar-refractivity contribution in [2.24, 2.45) is 0 Å². The number of nitrogens with one attached hydrogen (secondary N) is 1. The highest BCUT2D eigenvalue weighted by molar-refractivity contribution is 7.92. The molecule has 6 nitrogen and oxygen atoms in total. The molecule has 0 atom stereocenters. The second-order valence-corrected chi connectivity index (χ2v) is 8.57. The molecule has 1 aliphatic heterocycles. The minimum Gasteiger partial charge on any atom is -0.497 e. The number of sulfone groups is 1. The van der Waals surface area contributed by atoms with Crippen molar-refractivity contribution < 1.29 is 22.3 Å². The van der Waals surface area contributed by atoms with Crippen molar-refractivity contribution in [1.82, 2.24) is 4.90 Å². The van der Waals surface area contributed by atoms with Gasteiger partial charge < -0.3 is 15.0 Å². The molecule has 144 valence electrons. The summed E-state index contributed by atoms with van der Waals surface area (Å²) in [4.78, 5) is 14.1. The summed E-state index contributed by atoms with van der Waals surface area (Å²) in [5.74, 6) is 0.221. The Morgan fingerprint density at radius 1 is 1.07 bits per heavy atom. The zero-order chi connectivity index (χ0) is 19.4. The highest BCUT2D eigenvalue weighted by Gasteiger charge is 2.32. The lowest BCUT2D eigenvalue weighted by Crippen LogP contribution is -2.44. The number of carbonyl (C=O) groups is 1. The van der Waals surface area contributed by atoms with E-state index in [1.807, 2.05) is 0 Å². The molecule has 2 aromatic rings. The number of nitrogens with zero attached hydrogens (tertiary/aromatic N) is 1. The number of amides is 2. The van der Waals surface area contributed by atoms with Crippen LogP contribution in [0.15, 0.2) is 53.4 Å². The molecule has 3 rings (SSSR count). The van der Waals surface area contributed by atoms with Crippen LogP contribution in [0.4, 0.5) is 14.9 Å². The molecule has 1 aliphatic rings. The maximum atomic E-state index is 13.0. The Kier molecular flexibility index (Phi) is 5.65. The van der Waals surface area contributed by atoms with E-state index < -0.39 is 20.9 Å². The molecule has 1 saturated heterocycles. The number of rotatable bonds is 4. The maximum absolute atomic E-state index is 13.0. The first kappa shape index (κ1) is 19.2. The zero-order valence-electron chi connectivity index (χ0n) is 14.9. The fraction of sp³-hybridized carbons (Fsp3) is 0.316. The molecule has 0 aromatic heterocycles. The highest BCUT2D eigenvalue weighted by Crippen LogP contribution is 2.25. The average Bonchev–Trinajstić information content (AvgIpc) is 2.69. The Morgan fingerprint density at radius 2 is 1.67 bits per heavy atom. The normalized spacial score (nSPS) is 15.4. The van der Waals surface area contributed by atoms with E-state index in [1.165, 1.54) is 12.1 Å². The van der Waals surface area contributed by atoms with Crippen LogP contribution in [0.25, 0.3) is 0 Å². The van der Waals surface area contributed by atoms with E-state index in [9.17, 15) is 17.6 Å². The lowest BCUT2D eigenvalue weighted by molar-refractivity contribution is 0.200. The molecule has 2 amide bonds. The summed E-state index contributed by atoms with van der Waals surface area (Å²) in [6.07, 6.45) is 0.686. The molecule has 27 heavy (non-hydrogen) atoms. The summed E-state index contributed by atoms with van der Waals surface area (Å²) in [5, 5.41) is 2.22. The third kappa shape index (κ3) is 4.39. The van der Waals surface area contributed by atoms with Gasteiger partial charge in [0.1, 0.15) is 11.6 Å². The summed E-state index contributed by atoms with van der Waals surface area (Å²) in [7, 11) is -1.97. The van der Waals surface area contributed by atoms with Crippen LogP contribution in [-0.4, -0.2) is 44.8 Å². The number of methoxy groups -OCH3 is 1. The van der Waals surface area contributed by atoms with Crippen LogP contribution in [0.1, 0.15) is 12.8 Å². The maximum Gasteiger partial charge on any atom is 0.321 e. The van der Waals surface area contributed by atoms with Crippen LogP contribution in [0, 0.1) is 5.82 Å². The van der Waals surface area contributed by atoms with Crippen molar-refractivity contribution in [1.29, 1.82) is 0 Å². The summed E-state index contributed by atoms with van der Waals surface area (Å²) in [6.45, 7) is 0.681. The Labute approximate surface area is 157 Å². The lowest BCUT2D eigenvalue weighted by atomic mass is 10.1. The van der Waals surface area contributed by atoms with Crippen molar-refractivity contribution in [2.45, 2.75) is 23.0 Å². The first-order valence-corrected chi connectivity index (χ1v) is 10.1. The Morgan fingerprint density at radius 3 is 2.22 bits per heavy atom. The van der Waals surface area contributed by atoms with Crippen molar-refractivity contribution >= 4 is 21.6 Å². The van der Waals surface area contributed by atoms with Crippen LogP contribution < -0.4 is 10.1 Å². The topological polar surface area (TPSA) is 75.7 Å². The minimum absolute atomic E-state index is 0.116. The van der Waals surface area contributed by atoms with E-state index in [-0.39, 0.29) is 10.9 Å². The standard InChI is InChI=1S/C19H21FN2O4S/c1-26-16-6-4-15(5-7-16)21-19(23)22-12-10-18(11-13-22)27(24,25)17-8-2-14(20)3-9-17/h2-9,18H,10-13H2,1H3,(H,21,23). The van der Waals surface area contributed by atoms with Gasteiger partial charge in [-0.05, 0) is 61.4 Å². The molecular weight excluding hydrogens is 371 g/mol. The van der Waals surface area contributed by atoms with Gasteiger partial charge in [0.05, 0.1) is 17.3 Å². The highest BCUT2D eigenvalue weighted by atomic mass is 32.2. The summed E-state index contributed by atoms with van der Waals surface area (Å²) >= 11 is 0. The molecule has 8 heteroatoms. The van der Waals surface area contributed by atoms with E-state index in [4.69, 9.17) is 4.74 Å². The largest absolute Gasteiger partial charge is 0.497 e. The van der Waals surface area contributed by atoms with Crippen molar-refractivity contribution in [3.8, 4) is 5.75 Å². The number of benzene rings is 2. The smallest absolute Gasteiger partial charge is 0.321 e. The quantitative estimate of drug-likeness (QED) is 0.810. The van der Waals surface area contributed by atoms with Crippen LogP contribution in [0.2, 0.25) is 0 Å². The number of anilines is 1. The number of ether oxygens (including phenoxy) is 1. The number of carbonyl (C=O) groups excluding carboxylic acids is 1. The van der Waals surface area contributed by atoms with Gasteiger partial charge in [-0.25, -0.2) is 17.6 Å². The number of urea groups is 1. The third-order valence-corrected chi connectivity index (χ3v) is 6.93. The van der Waals surface area contributed by atoms with Gasteiger partial charge in [-0.2, -0.15) is 0 Å². The van der Waals surface area contributed by atoms with Gasteiger partial charge in [0.25, 0.3) is 0 Å².